The van der Waals surface area contributed by atoms with Gasteiger partial charge < -0.3 is 9.73 Å². The Labute approximate surface area is 112 Å². The quantitative estimate of drug-likeness (QED) is 0.730. The highest BCUT2D eigenvalue weighted by atomic mass is 16.3. The van der Waals surface area contributed by atoms with Gasteiger partial charge in [-0.25, -0.2) is 0 Å². The molecule has 0 saturated carbocycles. The molecular formula is C15H28N2O. The van der Waals surface area contributed by atoms with Crippen molar-refractivity contribution in [1.82, 2.24) is 10.2 Å². The van der Waals surface area contributed by atoms with E-state index >= 15 is 0 Å². The fourth-order valence-electron chi connectivity index (χ4n) is 2.05. The average molecular weight is 252 g/mol. The second-order valence-electron chi connectivity index (χ2n) is 4.98. The summed E-state index contributed by atoms with van der Waals surface area (Å²) >= 11 is 0. The van der Waals surface area contributed by atoms with Crippen molar-refractivity contribution in [2.75, 3.05) is 13.6 Å². The number of unbranched alkanes of at least 4 members (excludes halogenated alkanes) is 1. The van der Waals surface area contributed by atoms with E-state index in [2.05, 4.69) is 43.1 Å². The third-order valence-electron chi connectivity index (χ3n) is 3.44. The number of hydrogen-bond acceptors (Lipinski definition) is 3. The summed E-state index contributed by atoms with van der Waals surface area (Å²) in [7, 11) is 1.94. The number of rotatable bonds is 9. The first kappa shape index (κ1) is 15.3. The zero-order valence-corrected chi connectivity index (χ0v) is 12.3. The van der Waals surface area contributed by atoms with Crippen LogP contribution in [0.15, 0.2) is 16.5 Å². The molecule has 1 aromatic rings. The minimum absolute atomic E-state index is 0.620. The van der Waals surface area contributed by atoms with Gasteiger partial charge in [-0.1, -0.05) is 20.3 Å². The molecule has 1 unspecified atom stereocenters. The molecule has 0 bridgehead atoms. The predicted octanol–water partition coefficient (Wildman–Crippen LogP) is 3.40. The molecule has 0 aliphatic carbocycles. The lowest BCUT2D eigenvalue weighted by Gasteiger charge is -2.27. The first-order valence-electron chi connectivity index (χ1n) is 7.17. The molecule has 1 rings (SSSR count). The van der Waals surface area contributed by atoms with Gasteiger partial charge in [0.2, 0.25) is 0 Å². The van der Waals surface area contributed by atoms with Crippen LogP contribution in [0.5, 0.6) is 0 Å². The number of nitrogens with zero attached hydrogens (tertiary/aromatic N) is 1. The second-order valence-corrected chi connectivity index (χ2v) is 4.98. The molecule has 0 radical (unpaired) electrons. The van der Waals surface area contributed by atoms with Crippen molar-refractivity contribution in [3.8, 4) is 0 Å². The molecule has 0 amide bonds. The lowest BCUT2D eigenvalue weighted by molar-refractivity contribution is 0.177. The van der Waals surface area contributed by atoms with Gasteiger partial charge in [0.25, 0.3) is 0 Å². The largest absolute Gasteiger partial charge is 0.463 e. The Kier molecular flexibility index (Phi) is 7.06. The molecule has 104 valence electrons. The van der Waals surface area contributed by atoms with Crippen LogP contribution in [0.2, 0.25) is 0 Å². The Bertz CT molecular complexity index is 322. The summed E-state index contributed by atoms with van der Waals surface area (Å²) in [5.41, 5.74) is 0. The topological polar surface area (TPSA) is 28.4 Å². The summed E-state index contributed by atoms with van der Waals surface area (Å²) in [5.74, 6) is 2.10. The molecule has 3 heteroatoms. The zero-order chi connectivity index (χ0) is 13.4. The van der Waals surface area contributed by atoms with E-state index in [4.69, 9.17) is 4.42 Å². The Morgan fingerprint density at radius 1 is 1.28 bits per heavy atom. The van der Waals surface area contributed by atoms with Gasteiger partial charge in [-0.2, -0.15) is 0 Å². The zero-order valence-electron chi connectivity index (χ0n) is 12.3. The third-order valence-corrected chi connectivity index (χ3v) is 3.44. The highest BCUT2D eigenvalue weighted by molar-refractivity contribution is 5.07. The molecule has 1 aromatic heterocycles. The van der Waals surface area contributed by atoms with Gasteiger partial charge in [-0.15, -0.1) is 0 Å². The summed E-state index contributed by atoms with van der Waals surface area (Å²) in [6.07, 6.45) is 3.69. The minimum Gasteiger partial charge on any atom is -0.463 e. The lowest BCUT2D eigenvalue weighted by atomic mass is 10.2. The van der Waals surface area contributed by atoms with E-state index in [0.29, 0.717) is 6.04 Å². The first-order chi connectivity index (χ1) is 8.71. The molecule has 0 aromatic carbocycles. The van der Waals surface area contributed by atoms with Crippen LogP contribution in [0, 0.1) is 0 Å². The molecular weight excluding hydrogens is 224 g/mol. The van der Waals surface area contributed by atoms with Crippen molar-refractivity contribution in [1.29, 1.82) is 0 Å². The minimum atomic E-state index is 0.620. The van der Waals surface area contributed by atoms with Crippen LogP contribution in [-0.2, 0) is 13.1 Å². The lowest BCUT2D eigenvalue weighted by Crippen LogP contribution is -2.32. The van der Waals surface area contributed by atoms with E-state index in [1.165, 1.54) is 19.3 Å². The van der Waals surface area contributed by atoms with Gasteiger partial charge in [-0.3, -0.25) is 4.90 Å². The standard InChI is InChI=1S/C15H28N2O/c1-5-7-10-17(13(3)6-2)12-15-9-8-14(18-15)11-16-4/h8-9,13,16H,5-7,10-12H2,1-4H3. The van der Waals surface area contributed by atoms with Crippen LogP contribution >= 0.6 is 0 Å². The fourth-order valence-corrected chi connectivity index (χ4v) is 2.05. The molecule has 0 spiro atoms. The van der Waals surface area contributed by atoms with Crippen LogP contribution in [0.4, 0.5) is 0 Å². The Morgan fingerprint density at radius 2 is 2.00 bits per heavy atom. The maximum absolute atomic E-state index is 5.83. The molecule has 1 N–H and O–H groups in total. The van der Waals surface area contributed by atoms with Crippen molar-refractivity contribution in [3.63, 3.8) is 0 Å². The summed E-state index contributed by atoms with van der Waals surface area (Å²) in [4.78, 5) is 2.52. The van der Waals surface area contributed by atoms with Gasteiger partial charge in [0.15, 0.2) is 0 Å². The smallest absolute Gasteiger partial charge is 0.118 e. The Hall–Kier alpha value is -0.800. The van der Waals surface area contributed by atoms with Crippen molar-refractivity contribution in [2.24, 2.45) is 0 Å². The molecule has 0 aliphatic rings. The monoisotopic (exact) mass is 252 g/mol. The van der Waals surface area contributed by atoms with E-state index in [9.17, 15) is 0 Å². The van der Waals surface area contributed by atoms with E-state index < -0.39 is 0 Å². The third kappa shape index (κ3) is 4.83. The van der Waals surface area contributed by atoms with Gasteiger partial charge in [-0.05, 0) is 45.5 Å². The van der Waals surface area contributed by atoms with Crippen LogP contribution in [-0.4, -0.2) is 24.5 Å². The van der Waals surface area contributed by atoms with Crippen molar-refractivity contribution >= 4 is 0 Å². The van der Waals surface area contributed by atoms with Gasteiger partial charge in [0.1, 0.15) is 11.5 Å². The normalized spacial score (nSPS) is 13.2. The van der Waals surface area contributed by atoms with E-state index in [-0.39, 0.29) is 0 Å². The molecule has 0 fully saturated rings. The van der Waals surface area contributed by atoms with Crippen LogP contribution in [0.25, 0.3) is 0 Å². The fraction of sp³-hybridized carbons (Fsp3) is 0.733. The molecule has 18 heavy (non-hydrogen) atoms. The number of nitrogens with one attached hydrogen (secondary N) is 1. The molecule has 0 saturated heterocycles. The van der Waals surface area contributed by atoms with Crippen LogP contribution < -0.4 is 5.32 Å². The second kappa shape index (κ2) is 8.33. The summed E-state index contributed by atoms with van der Waals surface area (Å²) in [5, 5.41) is 3.11. The highest BCUT2D eigenvalue weighted by Gasteiger charge is 2.14. The Balaban J connectivity index is 2.57. The molecule has 0 aliphatic heterocycles. The molecule has 1 heterocycles. The molecule has 1 atom stereocenters. The van der Waals surface area contributed by atoms with Crippen LogP contribution in [0.3, 0.4) is 0 Å². The van der Waals surface area contributed by atoms with Crippen molar-refractivity contribution in [2.45, 2.75) is 59.2 Å². The van der Waals surface area contributed by atoms with E-state index in [0.717, 1.165) is 31.2 Å². The summed E-state index contributed by atoms with van der Waals surface area (Å²) < 4.78 is 5.83. The number of hydrogen-bond donors (Lipinski definition) is 1. The van der Waals surface area contributed by atoms with Crippen molar-refractivity contribution < 1.29 is 4.42 Å². The SMILES string of the molecule is CCCCN(Cc1ccc(CNC)o1)C(C)CC. The van der Waals surface area contributed by atoms with Crippen LogP contribution in [0.1, 0.15) is 51.6 Å². The van der Waals surface area contributed by atoms with Gasteiger partial charge in [0, 0.05) is 6.04 Å². The Morgan fingerprint density at radius 3 is 2.61 bits per heavy atom. The average Bonchev–Trinajstić information content (AvgIpc) is 2.81. The predicted molar refractivity (Wildman–Crippen MR) is 76.5 cm³/mol. The molecule has 3 nitrogen and oxygen atoms in total. The maximum Gasteiger partial charge on any atom is 0.118 e. The highest BCUT2D eigenvalue weighted by Crippen LogP contribution is 2.14. The van der Waals surface area contributed by atoms with Gasteiger partial charge in [0.05, 0.1) is 13.1 Å². The van der Waals surface area contributed by atoms with E-state index in [1.54, 1.807) is 0 Å². The van der Waals surface area contributed by atoms with Gasteiger partial charge >= 0.3 is 0 Å². The van der Waals surface area contributed by atoms with Crippen molar-refractivity contribution in [3.05, 3.63) is 23.7 Å². The number of furan rings is 1. The summed E-state index contributed by atoms with van der Waals surface area (Å²) in [6, 6.07) is 4.79. The summed E-state index contributed by atoms with van der Waals surface area (Å²) in [6.45, 7) is 9.68. The maximum atomic E-state index is 5.83. The van der Waals surface area contributed by atoms with E-state index in [1.807, 2.05) is 7.05 Å². The first-order valence-corrected chi connectivity index (χ1v) is 7.17.